The maximum atomic E-state index is 11.4. The van der Waals surface area contributed by atoms with Gasteiger partial charge in [-0.2, -0.15) is 0 Å². The van der Waals surface area contributed by atoms with Crippen LogP contribution in [0.4, 0.5) is 5.82 Å². The summed E-state index contributed by atoms with van der Waals surface area (Å²) in [6, 6.07) is 1.49. The molecule has 2 N–H and O–H groups in total. The molecule has 2 aromatic rings. The lowest BCUT2D eigenvalue weighted by atomic mass is 10.4. The third kappa shape index (κ3) is 2.65. The Kier molecular flexibility index (Phi) is 2.81. The Labute approximate surface area is 94.8 Å². The SMILES string of the molecule is Cc1cc(NC(=O)C(=O)Nn2cnnc2)no1. The highest BCUT2D eigenvalue weighted by Crippen LogP contribution is 2.06. The number of aryl methyl sites for hydroxylation is 1. The van der Waals surface area contributed by atoms with Gasteiger partial charge in [0.15, 0.2) is 5.82 Å². The summed E-state index contributed by atoms with van der Waals surface area (Å²) >= 11 is 0. The number of carbonyl (C=O) groups is 2. The van der Waals surface area contributed by atoms with Gasteiger partial charge >= 0.3 is 11.8 Å². The van der Waals surface area contributed by atoms with Gasteiger partial charge in [-0.25, -0.2) is 4.68 Å². The fraction of sp³-hybridized carbons (Fsp3) is 0.125. The minimum atomic E-state index is -0.870. The molecule has 0 fully saturated rings. The summed E-state index contributed by atoms with van der Waals surface area (Å²) in [7, 11) is 0. The average molecular weight is 236 g/mol. The van der Waals surface area contributed by atoms with E-state index in [0.29, 0.717) is 5.76 Å². The molecule has 2 heterocycles. The molecule has 0 unspecified atom stereocenters. The second kappa shape index (κ2) is 4.43. The van der Waals surface area contributed by atoms with E-state index in [1.165, 1.54) is 18.7 Å². The average Bonchev–Trinajstić information content (AvgIpc) is 2.90. The first-order chi connectivity index (χ1) is 8.15. The van der Waals surface area contributed by atoms with Gasteiger partial charge in [0, 0.05) is 6.07 Å². The van der Waals surface area contributed by atoms with Crippen LogP contribution in [-0.4, -0.2) is 31.8 Å². The van der Waals surface area contributed by atoms with Crippen LogP contribution in [0.5, 0.6) is 0 Å². The van der Waals surface area contributed by atoms with Gasteiger partial charge in [-0.15, -0.1) is 10.2 Å². The van der Waals surface area contributed by atoms with Crippen molar-refractivity contribution < 1.29 is 14.1 Å². The van der Waals surface area contributed by atoms with Crippen molar-refractivity contribution in [1.29, 1.82) is 0 Å². The zero-order valence-electron chi connectivity index (χ0n) is 8.75. The van der Waals surface area contributed by atoms with Crippen LogP contribution in [0.1, 0.15) is 5.76 Å². The van der Waals surface area contributed by atoms with Crippen molar-refractivity contribution in [3.63, 3.8) is 0 Å². The van der Waals surface area contributed by atoms with E-state index >= 15 is 0 Å². The number of carbonyl (C=O) groups excluding carboxylic acids is 2. The molecule has 0 aliphatic rings. The minimum absolute atomic E-state index is 0.173. The van der Waals surface area contributed by atoms with Gasteiger partial charge in [0.1, 0.15) is 18.4 Å². The van der Waals surface area contributed by atoms with Crippen molar-refractivity contribution in [2.45, 2.75) is 6.92 Å². The number of nitrogens with one attached hydrogen (secondary N) is 2. The van der Waals surface area contributed by atoms with E-state index in [0.717, 1.165) is 4.68 Å². The molecular weight excluding hydrogens is 228 g/mol. The van der Waals surface area contributed by atoms with Crippen LogP contribution in [0.15, 0.2) is 23.2 Å². The smallest absolute Gasteiger partial charge is 0.328 e. The van der Waals surface area contributed by atoms with Crippen LogP contribution in [-0.2, 0) is 9.59 Å². The predicted molar refractivity (Wildman–Crippen MR) is 54.3 cm³/mol. The van der Waals surface area contributed by atoms with Crippen molar-refractivity contribution in [2.24, 2.45) is 0 Å². The Balaban J connectivity index is 1.94. The molecule has 0 radical (unpaired) electrons. The second-order valence-corrected chi connectivity index (χ2v) is 3.09. The summed E-state index contributed by atoms with van der Waals surface area (Å²) in [6.07, 6.45) is 2.48. The number of hydrogen-bond acceptors (Lipinski definition) is 6. The molecule has 2 aromatic heterocycles. The van der Waals surface area contributed by atoms with Crippen molar-refractivity contribution in [3.05, 3.63) is 24.5 Å². The molecule has 17 heavy (non-hydrogen) atoms. The fourth-order valence-electron chi connectivity index (χ4n) is 1.02. The molecule has 0 saturated carbocycles. The Hall–Kier alpha value is -2.71. The molecular formula is C8H8N6O3. The molecule has 0 aliphatic carbocycles. The summed E-state index contributed by atoms with van der Waals surface area (Å²) in [5, 5.41) is 12.7. The topological polar surface area (TPSA) is 115 Å². The van der Waals surface area contributed by atoms with E-state index in [1.54, 1.807) is 6.92 Å². The van der Waals surface area contributed by atoms with Crippen LogP contribution in [0.2, 0.25) is 0 Å². The summed E-state index contributed by atoms with van der Waals surface area (Å²) < 4.78 is 5.88. The molecule has 2 rings (SSSR count). The van der Waals surface area contributed by atoms with E-state index < -0.39 is 11.8 Å². The Bertz CT molecular complexity index is 531. The normalized spacial score (nSPS) is 9.94. The minimum Gasteiger partial charge on any atom is -0.360 e. The van der Waals surface area contributed by atoms with Gasteiger partial charge in [0.25, 0.3) is 0 Å². The lowest BCUT2D eigenvalue weighted by Crippen LogP contribution is -2.33. The highest BCUT2D eigenvalue weighted by Gasteiger charge is 2.15. The molecule has 0 aromatic carbocycles. The van der Waals surface area contributed by atoms with Gasteiger partial charge in [0.2, 0.25) is 0 Å². The first-order valence-electron chi connectivity index (χ1n) is 4.55. The molecule has 9 nitrogen and oxygen atoms in total. The molecule has 0 spiro atoms. The van der Waals surface area contributed by atoms with Crippen LogP contribution in [0.3, 0.4) is 0 Å². The molecule has 0 aliphatic heterocycles. The van der Waals surface area contributed by atoms with Crippen LogP contribution in [0.25, 0.3) is 0 Å². The number of amides is 2. The number of anilines is 1. The van der Waals surface area contributed by atoms with Gasteiger partial charge in [-0.1, -0.05) is 5.16 Å². The lowest BCUT2D eigenvalue weighted by Gasteiger charge is -2.03. The van der Waals surface area contributed by atoms with Crippen LogP contribution < -0.4 is 10.7 Å². The van der Waals surface area contributed by atoms with E-state index in [9.17, 15) is 9.59 Å². The first kappa shape index (κ1) is 10.8. The predicted octanol–water partition coefficient (Wildman–Crippen LogP) is -0.717. The van der Waals surface area contributed by atoms with Crippen molar-refractivity contribution in [3.8, 4) is 0 Å². The molecule has 0 atom stereocenters. The van der Waals surface area contributed by atoms with Crippen molar-refractivity contribution in [1.82, 2.24) is 20.0 Å². The second-order valence-electron chi connectivity index (χ2n) is 3.09. The monoisotopic (exact) mass is 236 g/mol. The number of aromatic nitrogens is 4. The summed E-state index contributed by atoms with van der Waals surface area (Å²) in [6.45, 7) is 1.67. The fourth-order valence-corrected chi connectivity index (χ4v) is 1.02. The maximum absolute atomic E-state index is 11.4. The first-order valence-corrected chi connectivity index (χ1v) is 4.55. The van der Waals surface area contributed by atoms with Crippen LogP contribution >= 0.6 is 0 Å². The Morgan fingerprint density at radius 3 is 2.59 bits per heavy atom. The Morgan fingerprint density at radius 2 is 2.00 bits per heavy atom. The number of hydrogen-bond donors (Lipinski definition) is 2. The third-order valence-corrected chi connectivity index (χ3v) is 1.73. The largest absolute Gasteiger partial charge is 0.360 e. The van der Waals surface area contributed by atoms with Crippen molar-refractivity contribution >= 4 is 17.6 Å². The molecule has 88 valence electrons. The van der Waals surface area contributed by atoms with E-state index in [-0.39, 0.29) is 5.82 Å². The molecule has 0 saturated heterocycles. The maximum Gasteiger partial charge on any atom is 0.328 e. The summed E-state index contributed by atoms with van der Waals surface area (Å²) in [4.78, 5) is 22.8. The van der Waals surface area contributed by atoms with E-state index in [2.05, 4.69) is 26.1 Å². The molecule has 2 amide bonds. The van der Waals surface area contributed by atoms with Gasteiger partial charge in [-0.3, -0.25) is 20.3 Å². The standard InChI is InChI=1S/C8H8N6O3/c1-5-2-6(13-17-5)11-7(15)8(16)12-14-3-9-10-4-14/h2-4H,1H3,(H,12,16)(H,11,13,15). The zero-order valence-corrected chi connectivity index (χ0v) is 8.75. The highest BCUT2D eigenvalue weighted by atomic mass is 16.5. The molecule has 0 bridgehead atoms. The third-order valence-electron chi connectivity index (χ3n) is 1.73. The quantitative estimate of drug-likeness (QED) is 0.665. The summed E-state index contributed by atoms with van der Waals surface area (Å²) in [5.41, 5.74) is 2.23. The lowest BCUT2D eigenvalue weighted by molar-refractivity contribution is -0.133. The number of rotatable bonds is 2. The van der Waals surface area contributed by atoms with Gasteiger partial charge < -0.3 is 4.52 Å². The molecule has 9 heteroatoms. The van der Waals surface area contributed by atoms with Crippen LogP contribution in [0, 0.1) is 6.92 Å². The van der Waals surface area contributed by atoms with Crippen molar-refractivity contribution in [2.75, 3.05) is 10.7 Å². The Morgan fingerprint density at radius 1 is 1.29 bits per heavy atom. The van der Waals surface area contributed by atoms with Gasteiger partial charge in [-0.05, 0) is 6.92 Å². The number of nitrogens with zero attached hydrogens (tertiary/aromatic N) is 4. The van der Waals surface area contributed by atoms with E-state index in [1.807, 2.05) is 0 Å². The zero-order chi connectivity index (χ0) is 12.3. The highest BCUT2D eigenvalue weighted by molar-refractivity contribution is 6.42. The summed E-state index contributed by atoms with van der Waals surface area (Å²) in [5.74, 6) is -1.04. The van der Waals surface area contributed by atoms with E-state index in [4.69, 9.17) is 4.52 Å². The van der Waals surface area contributed by atoms with Gasteiger partial charge in [0.05, 0.1) is 0 Å².